The van der Waals surface area contributed by atoms with E-state index < -0.39 is 17.6 Å². The summed E-state index contributed by atoms with van der Waals surface area (Å²) in [5, 5.41) is 11.3. The van der Waals surface area contributed by atoms with Gasteiger partial charge in [0.25, 0.3) is 0 Å². The van der Waals surface area contributed by atoms with E-state index >= 15 is 0 Å². The standard InChI is InChI=1S/C12H8F2N2O2/c13-7-4-5-8(14)10(6-7)16-11-3-1-2-9(15-11)12(17)18/h1-6H,(H,15,16)(H,17,18). The number of carboxylic acid groups (broad SMARTS) is 1. The van der Waals surface area contributed by atoms with Crippen molar-refractivity contribution >= 4 is 17.5 Å². The van der Waals surface area contributed by atoms with Crippen molar-refractivity contribution in [3.05, 3.63) is 53.7 Å². The van der Waals surface area contributed by atoms with Crippen molar-refractivity contribution in [3.63, 3.8) is 0 Å². The molecule has 0 bridgehead atoms. The minimum absolute atomic E-state index is 0.106. The molecule has 0 spiro atoms. The van der Waals surface area contributed by atoms with Crippen LogP contribution in [0.1, 0.15) is 10.5 Å². The summed E-state index contributed by atoms with van der Waals surface area (Å²) in [6.07, 6.45) is 0. The number of halogens is 2. The van der Waals surface area contributed by atoms with Crippen LogP contribution in [0.5, 0.6) is 0 Å². The van der Waals surface area contributed by atoms with Gasteiger partial charge >= 0.3 is 5.97 Å². The van der Waals surface area contributed by atoms with Gasteiger partial charge in [0, 0.05) is 6.07 Å². The summed E-state index contributed by atoms with van der Waals surface area (Å²) in [6, 6.07) is 7.13. The fourth-order valence-electron chi connectivity index (χ4n) is 1.35. The molecular formula is C12H8F2N2O2. The highest BCUT2D eigenvalue weighted by Gasteiger charge is 2.08. The lowest BCUT2D eigenvalue weighted by atomic mass is 10.3. The Hall–Kier alpha value is -2.50. The lowest BCUT2D eigenvalue weighted by Gasteiger charge is -2.07. The summed E-state index contributed by atoms with van der Waals surface area (Å²) in [7, 11) is 0. The van der Waals surface area contributed by atoms with Gasteiger partial charge in [0.1, 0.15) is 17.5 Å². The molecule has 4 nitrogen and oxygen atoms in total. The number of nitrogens with zero attached hydrogens (tertiary/aromatic N) is 1. The number of aromatic carboxylic acids is 1. The predicted octanol–water partition coefficient (Wildman–Crippen LogP) is 2.80. The fourth-order valence-corrected chi connectivity index (χ4v) is 1.35. The van der Waals surface area contributed by atoms with E-state index in [-0.39, 0.29) is 17.2 Å². The molecule has 2 aromatic rings. The maximum absolute atomic E-state index is 13.3. The fraction of sp³-hybridized carbons (Fsp3) is 0. The molecule has 0 aliphatic carbocycles. The molecule has 92 valence electrons. The quantitative estimate of drug-likeness (QED) is 0.879. The van der Waals surface area contributed by atoms with Crippen molar-refractivity contribution in [2.45, 2.75) is 0 Å². The van der Waals surface area contributed by atoms with Crippen molar-refractivity contribution in [3.8, 4) is 0 Å². The molecule has 18 heavy (non-hydrogen) atoms. The Balaban J connectivity index is 2.31. The average molecular weight is 250 g/mol. The molecule has 1 heterocycles. The first-order chi connectivity index (χ1) is 8.56. The Bertz CT molecular complexity index is 602. The third-order valence-electron chi connectivity index (χ3n) is 2.16. The van der Waals surface area contributed by atoms with E-state index in [0.717, 1.165) is 18.2 Å². The van der Waals surface area contributed by atoms with Gasteiger partial charge in [-0.25, -0.2) is 18.6 Å². The van der Waals surface area contributed by atoms with Gasteiger partial charge in [-0.2, -0.15) is 0 Å². The molecule has 0 amide bonds. The number of anilines is 2. The molecule has 0 fully saturated rings. The second-order valence-corrected chi connectivity index (χ2v) is 3.46. The third kappa shape index (κ3) is 2.60. The number of carbonyl (C=O) groups is 1. The molecule has 0 aliphatic rings. The van der Waals surface area contributed by atoms with E-state index in [9.17, 15) is 13.6 Å². The van der Waals surface area contributed by atoms with Gasteiger partial charge in [-0.05, 0) is 24.3 Å². The largest absolute Gasteiger partial charge is 0.477 e. The number of benzene rings is 1. The van der Waals surface area contributed by atoms with Crippen LogP contribution in [-0.4, -0.2) is 16.1 Å². The minimum Gasteiger partial charge on any atom is -0.477 e. The van der Waals surface area contributed by atoms with Gasteiger partial charge in [-0.1, -0.05) is 6.07 Å². The minimum atomic E-state index is -1.20. The van der Waals surface area contributed by atoms with Gasteiger partial charge in [0.2, 0.25) is 0 Å². The topological polar surface area (TPSA) is 62.2 Å². The van der Waals surface area contributed by atoms with Crippen LogP contribution in [-0.2, 0) is 0 Å². The summed E-state index contributed by atoms with van der Waals surface area (Å²) in [5.74, 6) is -2.33. The zero-order valence-corrected chi connectivity index (χ0v) is 9.02. The van der Waals surface area contributed by atoms with E-state index in [1.54, 1.807) is 0 Å². The zero-order chi connectivity index (χ0) is 13.1. The molecule has 0 saturated heterocycles. The Morgan fingerprint density at radius 3 is 2.72 bits per heavy atom. The van der Waals surface area contributed by atoms with Crippen molar-refractivity contribution in [2.24, 2.45) is 0 Å². The van der Waals surface area contributed by atoms with Crippen LogP contribution in [0.2, 0.25) is 0 Å². The molecule has 2 N–H and O–H groups in total. The van der Waals surface area contributed by atoms with Crippen molar-refractivity contribution in [1.82, 2.24) is 4.98 Å². The first-order valence-corrected chi connectivity index (χ1v) is 4.98. The van der Waals surface area contributed by atoms with Crippen molar-refractivity contribution in [1.29, 1.82) is 0 Å². The van der Waals surface area contributed by atoms with E-state index in [1.807, 2.05) is 0 Å². The Morgan fingerprint density at radius 1 is 1.22 bits per heavy atom. The summed E-state index contributed by atoms with van der Waals surface area (Å²) in [5.41, 5.74) is -0.290. The lowest BCUT2D eigenvalue weighted by Crippen LogP contribution is -2.03. The van der Waals surface area contributed by atoms with Gasteiger partial charge in [-0.15, -0.1) is 0 Å². The molecule has 1 aromatic carbocycles. The number of hydrogen-bond acceptors (Lipinski definition) is 3. The first kappa shape index (κ1) is 12.0. The van der Waals surface area contributed by atoms with E-state index in [4.69, 9.17) is 5.11 Å². The Labute approximate surface area is 101 Å². The molecular weight excluding hydrogens is 242 g/mol. The second-order valence-electron chi connectivity index (χ2n) is 3.46. The van der Waals surface area contributed by atoms with E-state index in [2.05, 4.69) is 10.3 Å². The number of carboxylic acids is 1. The Morgan fingerprint density at radius 2 is 2.00 bits per heavy atom. The van der Waals surface area contributed by atoms with Gasteiger partial charge < -0.3 is 10.4 Å². The molecule has 1 aromatic heterocycles. The van der Waals surface area contributed by atoms with Crippen molar-refractivity contribution < 1.29 is 18.7 Å². The van der Waals surface area contributed by atoms with Crippen LogP contribution in [0.4, 0.5) is 20.3 Å². The van der Waals surface area contributed by atoms with Gasteiger partial charge in [-0.3, -0.25) is 0 Å². The maximum Gasteiger partial charge on any atom is 0.354 e. The van der Waals surface area contributed by atoms with Crippen LogP contribution in [0.25, 0.3) is 0 Å². The monoisotopic (exact) mass is 250 g/mol. The van der Waals surface area contributed by atoms with Crippen LogP contribution in [0.15, 0.2) is 36.4 Å². The van der Waals surface area contributed by atoms with E-state index in [0.29, 0.717) is 0 Å². The highest BCUT2D eigenvalue weighted by atomic mass is 19.1. The molecule has 0 atom stereocenters. The van der Waals surface area contributed by atoms with Crippen LogP contribution in [0.3, 0.4) is 0 Å². The smallest absolute Gasteiger partial charge is 0.354 e. The first-order valence-electron chi connectivity index (χ1n) is 4.98. The van der Waals surface area contributed by atoms with E-state index in [1.165, 1.54) is 18.2 Å². The number of rotatable bonds is 3. The zero-order valence-electron chi connectivity index (χ0n) is 9.02. The summed E-state index contributed by atoms with van der Waals surface area (Å²) >= 11 is 0. The molecule has 6 heteroatoms. The number of hydrogen-bond donors (Lipinski definition) is 2. The van der Waals surface area contributed by atoms with Crippen LogP contribution < -0.4 is 5.32 Å². The molecule has 0 aliphatic heterocycles. The van der Waals surface area contributed by atoms with Crippen LogP contribution in [0, 0.1) is 11.6 Å². The second kappa shape index (κ2) is 4.79. The summed E-state index contributed by atoms with van der Waals surface area (Å²) in [4.78, 5) is 14.4. The highest BCUT2D eigenvalue weighted by Crippen LogP contribution is 2.19. The SMILES string of the molecule is O=C(O)c1cccc(Nc2cc(F)ccc2F)n1. The normalized spacial score (nSPS) is 10.1. The lowest BCUT2D eigenvalue weighted by molar-refractivity contribution is 0.0690. The van der Waals surface area contributed by atoms with Gasteiger partial charge in [0.05, 0.1) is 5.69 Å². The summed E-state index contributed by atoms with van der Waals surface area (Å²) < 4.78 is 26.3. The molecule has 0 unspecified atom stereocenters. The van der Waals surface area contributed by atoms with Gasteiger partial charge in [0.15, 0.2) is 5.69 Å². The number of pyridine rings is 1. The molecule has 2 rings (SSSR count). The number of aromatic nitrogens is 1. The van der Waals surface area contributed by atoms with Crippen LogP contribution >= 0.6 is 0 Å². The Kier molecular flexibility index (Phi) is 3.18. The maximum atomic E-state index is 13.3. The highest BCUT2D eigenvalue weighted by molar-refractivity contribution is 5.85. The predicted molar refractivity (Wildman–Crippen MR) is 60.8 cm³/mol. The average Bonchev–Trinajstić information content (AvgIpc) is 2.34. The molecule has 0 saturated carbocycles. The van der Waals surface area contributed by atoms with Crippen molar-refractivity contribution in [2.75, 3.05) is 5.32 Å². The molecule has 0 radical (unpaired) electrons. The third-order valence-corrected chi connectivity index (χ3v) is 2.16. The summed E-state index contributed by atoms with van der Waals surface area (Å²) in [6.45, 7) is 0. The number of nitrogens with one attached hydrogen (secondary N) is 1.